The van der Waals surface area contributed by atoms with E-state index in [1.165, 1.54) is 11.8 Å². The largest absolute Gasteiger partial charge is 0.391 e. The van der Waals surface area contributed by atoms with Crippen LogP contribution in [0.5, 0.6) is 0 Å². The Morgan fingerprint density at radius 3 is 1.97 bits per heavy atom. The lowest BCUT2D eigenvalue weighted by molar-refractivity contribution is -0.232. The van der Waals surface area contributed by atoms with E-state index < -0.39 is 42.4 Å². The molecule has 0 spiro atoms. The summed E-state index contributed by atoms with van der Waals surface area (Å²) in [5.41, 5.74) is 1.23. The van der Waals surface area contributed by atoms with Crippen LogP contribution in [-0.2, 0) is 27.4 Å². The topological polar surface area (TPSA) is 43.3 Å². The Kier molecular flexibility index (Phi) is 7.63. The van der Waals surface area contributed by atoms with Gasteiger partial charge < -0.3 is 19.1 Å². The SMILES string of the molecule is CN(C)C1=NC2C(OC(CC(F)(F)F)C(OCc3ccccc3)C2OCc2ccccc2)S1. The minimum absolute atomic E-state index is 0.156. The van der Waals surface area contributed by atoms with Crippen LogP contribution in [-0.4, -0.2) is 60.1 Å². The predicted octanol–water partition coefficient (Wildman–Crippen LogP) is 4.87. The van der Waals surface area contributed by atoms with Gasteiger partial charge in [-0.25, -0.2) is 0 Å². The van der Waals surface area contributed by atoms with Crippen LogP contribution in [0.25, 0.3) is 0 Å². The lowest BCUT2D eigenvalue weighted by Gasteiger charge is -2.43. The average Bonchev–Trinajstić information content (AvgIpc) is 3.21. The second-order valence-corrected chi connectivity index (χ2v) is 9.36. The highest BCUT2D eigenvalue weighted by molar-refractivity contribution is 8.14. The summed E-state index contributed by atoms with van der Waals surface area (Å²) in [5, 5.41) is 0.702. The van der Waals surface area contributed by atoms with Gasteiger partial charge in [0, 0.05) is 14.1 Å². The number of rotatable bonds is 7. The maximum absolute atomic E-state index is 13.5. The minimum Gasteiger partial charge on any atom is -0.368 e. The van der Waals surface area contributed by atoms with E-state index >= 15 is 0 Å². The number of ether oxygens (including phenoxy) is 3. The van der Waals surface area contributed by atoms with Gasteiger partial charge in [0.2, 0.25) is 0 Å². The maximum atomic E-state index is 13.5. The molecule has 2 heterocycles. The fourth-order valence-electron chi connectivity index (χ4n) is 3.93. The highest BCUT2D eigenvalue weighted by Gasteiger charge is 2.53. The van der Waals surface area contributed by atoms with Gasteiger partial charge in [0.25, 0.3) is 0 Å². The molecule has 0 saturated carbocycles. The third kappa shape index (κ3) is 6.29. The average molecular weight is 481 g/mol. The van der Waals surface area contributed by atoms with Crippen LogP contribution >= 0.6 is 11.8 Å². The van der Waals surface area contributed by atoms with E-state index in [0.29, 0.717) is 5.17 Å². The van der Waals surface area contributed by atoms with Crippen molar-refractivity contribution in [2.24, 2.45) is 4.99 Å². The molecule has 5 atom stereocenters. The molecule has 2 aromatic rings. The van der Waals surface area contributed by atoms with E-state index in [4.69, 9.17) is 19.2 Å². The molecule has 178 valence electrons. The van der Waals surface area contributed by atoms with Crippen LogP contribution in [0.15, 0.2) is 65.7 Å². The van der Waals surface area contributed by atoms with Gasteiger partial charge in [0.15, 0.2) is 5.17 Å². The fraction of sp³-hybridized carbons (Fsp3) is 0.458. The number of thioether (sulfide) groups is 1. The van der Waals surface area contributed by atoms with Gasteiger partial charge in [-0.3, -0.25) is 4.99 Å². The first-order valence-electron chi connectivity index (χ1n) is 10.8. The Labute approximate surface area is 195 Å². The number of alkyl halides is 3. The minimum atomic E-state index is -4.40. The van der Waals surface area contributed by atoms with Gasteiger partial charge in [-0.15, -0.1) is 0 Å². The van der Waals surface area contributed by atoms with Gasteiger partial charge in [-0.2, -0.15) is 13.2 Å². The normalized spacial score (nSPS) is 27.2. The van der Waals surface area contributed by atoms with E-state index in [-0.39, 0.29) is 13.2 Å². The van der Waals surface area contributed by atoms with Crippen molar-refractivity contribution in [1.29, 1.82) is 0 Å². The van der Waals surface area contributed by atoms with Crippen molar-refractivity contribution in [3.05, 3.63) is 71.8 Å². The molecular weight excluding hydrogens is 453 g/mol. The second-order valence-electron chi connectivity index (χ2n) is 8.30. The molecule has 0 amide bonds. The molecule has 0 aromatic heterocycles. The Morgan fingerprint density at radius 2 is 1.45 bits per heavy atom. The van der Waals surface area contributed by atoms with Crippen molar-refractivity contribution in [2.45, 2.75) is 55.6 Å². The summed E-state index contributed by atoms with van der Waals surface area (Å²) in [7, 11) is 3.69. The van der Waals surface area contributed by atoms with E-state index in [1.54, 1.807) is 0 Å². The van der Waals surface area contributed by atoms with E-state index in [9.17, 15) is 13.2 Å². The molecule has 1 fully saturated rings. The molecule has 0 N–H and O–H groups in total. The summed E-state index contributed by atoms with van der Waals surface area (Å²) in [6, 6.07) is 18.4. The molecular formula is C24H27F3N2O3S. The van der Waals surface area contributed by atoms with Crippen LogP contribution in [0.1, 0.15) is 17.5 Å². The maximum Gasteiger partial charge on any atom is 0.391 e. The Balaban J connectivity index is 1.61. The van der Waals surface area contributed by atoms with Crippen molar-refractivity contribution in [3.63, 3.8) is 0 Å². The van der Waals surface area contributed by atoms with E-state index in [1.807, 2.05) is 79.7 Å². The number of aliphatic imine (C=N–C) groups is 1. The first-order chi connectivity index (χ1) is 15.8. The Hall–Kier alpha value is -2.07. The molecule has 33 heavy (non-hydrogen) atoms. The summed E-state index contributed by atoms with van der Waals surface area (Å²) < 4.78 is 58.7. The zero-order valence-electron chi connectivity index (χ0n) is 18.4. The summed E-state index contributed by atoms with van der Waals surface area (Å²) in [5.74, 6) is 0. The van der Waals surface area contributed by atoms with Gasteiger partial charge in [0.1, 0.15) is 23.7 Å². The summed E-state index contributed by atoms with van der Waals surface area (Å²) >= 11 is 1.33. The Morgan fingerprint density at radius 1 is 0.909 bits per heavy atom. The van der Waals surface area contributed by atoms with Gasteiger partial charge in [0.05, 0.1) is 25.7 Å². The molecule has 2 aromatic carbocycles. The number of nitrogens with zero attached hydrogens (tertiary/aromatic N) is 2. The second kappa shape index (κ2) is 10.5. The van der Waals surface area contributed by atoms with Crippen molar-refractivity contribution < 1.29 is 27.4 Å². The number of fused-ring (bicyclic) bond motifs is 1. The zero-order chi connectivity index (χ0) is 23.4. The molecule has 2 aliphatic heterocycles. The third-order valence-electron chi connectivity index (χ3n) is 5.48. The molecule has 5 nitrogen and oxygen atoms in total. The third-order valence-corrected chi connectivity index (χ3v) is 6.79. The molecule has 9 heteroatoms. The van der Waals surface area contributed by atoms with Crippen molar-refractivity contribution in [3.8, 4) is 0 Å². The number of amidine groups is 1. The highest BCUT2D eigenvalue weighted by Crippen LogP contribution is 2.42. The molecule has 0 bridgehead atoms. The molecule has 4 rings (SSSR count). The zero-order valence-corrected chi connectivity index (χ0v) is 19.3. The van der Waals surface area contributed by atoms with Crippen molar-refractivity contribution >= 4 is 16.9 Å². The first kappa shape index (κ1) is 24.1. The quantitative estimate of drug-likeness (QED) is 0.566. The van der Waals surface area contributed by atoms with E-state index in [2.05, 4.69) is 0 Å². The lowest BCUT2D eigenvalue weighted by atomic mass is 9.95. The van der Waals surface area contributed by atoms with E-state index in [0.717, 1.165) is 11.1 Å². The van der Waals surface area contributed by atoms with Crippen molar-refractivity contribution in [1.82, 2.24) is 4.90 Å². The Bertz CT molecular complexity index is 928. The fourth-order valence-corrected chi connectivity index (χ4v) is 5.08. The molecule has 1 saturated heterocycles. The van der Waals surface area contributed by atoms with Gasteiger partial charge in [-0.05, 0) is 11.1 Å². The van der Waals surface area contributed by atoms with Crippen molar-refractivity contribution in [2.75, 3.05) is 14.1 Å². The smallest absolute Gasteiger partial charge is 0.368 e. The van der Waals surface area contributed by atoms with Crippen LogP contribution in [0.2, 0.25) is 0 Å². The number of halogens is 3. The summed E-state index contributed by atoms with van der Waals surface area (Å²) in [6.45, 7) is 0.402. The van der Waals surface area contributed by atoms with Crippen LogP contribution in [0.4, 0.5) is 13.2 Å². The molecule has 0 aliphatic carbocycles. The molecule has 0 radical (unpaired) electrons. The lowest BCUT2D eigenvalue weighted by Crippen LogP contribution is -2.57. The van der Waals surface area contributed by atoms with Gasteiger partial charge in [-0.1, -0.05) is 72.4 Å². The molecule has 5 unspecified atom stereocenters. The first-order valence-corrected chi connectivity index (χ1v) is 11.6. The number of benzene rings is 2. The number of hydrogen-bond donors (Lipinski definition) is 0. The van der Waals surface area contributed by atoms with Gasteiger partial charge >= 0.3 is 6.18 Å². The highest BCUT2D eigenvalue weighted by atomic mass is 32.2. The van der Waals surface area contributed by atoms with Crippen LogP contribution < -0.4 is 0 Å². The number of hydrogen-bond acceptors (Lipinski definition) is 6. The predicted molar refractivity (Wildman–Crippen MR) is 122 cm³/mol. The summed E-state index contributed by atoms with van der Waals surface area (Å²) in [4.78, 5) is 6.57. The van der Waals surface area contributed by atoms with Crippen LogP contribution in [0.3, 0.4) is 0 Å². The molecule has 2 aliphatic rings. The van der Waals surface area contributed by atoms with Crippen LogP contribution in [0, 0.1) is 0 Å². The standard InChI is InChI=1S/C24H27F3N2O3S/c1-29(2)23-28-19-21(31-15-17-11-7-4-8-12-17)20(30-14-16-9-5-3-6-10-16)18(13-24(25,26)27)32-22(19)33-23/h3-12,18-22H,13-15H2,1-2H3. The monoisotopic (exact) mass is 480 g/mol. The summed E-state index contributed by atoms with van der Waals surface area (Å²) in [6.07, 6.45) is -8.32.